The van der Waals surface area contributed by atoms with E-state index in [9.17, 15) is 4.79 Å². The average molecular weight is 469 g/mol. The zero-order valence-electron chi connectivity index (χ0n) is 18.6. The zero-order valence-corrected chi connectivity index (χ0v) is 19.4. The molecule has 7 nitrogen and oxygen atoms in total. The first-order chi connectivity index (χ1) is 16.0. The number of nitrogens with zero attached hydrogens (tertiary/aromatic N) is 1. The van der Waals surface area contributed by atoms with Gasteiger partial charge in [0.25, 0.3) is 5.91 Å². The minimum absolute atomic E-state index is 0.357. The molecule has 3 aromatic carbocycles. The highest BCUT2D eigenvalue weighted by molar-refractivity contribution is 6.32. The van der Waals surface area contributed by atoms with Gasteiger partial charge >= 0.3 is 0 Å². The molecule has 0 atom stereocenters. The summed E-state index contributed by atoms with van der Waals surface area (Å²) in [6.45, 7) is 2.67. The number of benzene rings is 3. The summed E-state index contributed by atoms with van der Waals surface area (Å²) < 4.78 is 22.0. The molecule has 0 aromatic heterocycles. The van der Waals surface area contributed by atoms with E-state index in [0.29, 0.717) is 52.4 Å². The van der Waals surface area contributed by atoms with Crippen molar-refractivity contribution in [2.24, 2.45) is 5.10 Å². The second-order valence-corrected chi connectivity index (χ2v) is 7.21. The number of amides is 1. The van der Waals surface area contributed by atoms with Crippen molar-refractivity contribution in [1.29, 1.82) is 0 Å². The Bertz CT molecular complexity index is 1120. The van der Waals surface area contributed by atoms with Crippen LogP contribution in [0.2, 0.25) is 5.02 Å². The Morgan fingerprint density at radius 3 is 2.42 bits per heavy atom. The van der Waals surface area contributed by atoms with Crippen molar-refractivity contribution in [3.63, 3.8) is 0 Å². The first-order valence-electron chi connectivity index (χ1n) is 10.2. The number of methoxy groups -OCH3 is 2. The molecular formula is C25H25ClN2O5. The third-order valence-corrected chi connectivity index (χ3v) is 4.86. The maximum atomic E-state index is 12.4. The molecule has 3 aromatic rings. The van der Waals surface area contributed by atoms with Gasteiger partial charge < -0.3 is 18.9 Å². The molecule has 0 fully saturated rings. The third-order valence-electron chi connectivity index (χ3n) is 4.58. The van der Waals surface area contributed by atoms with E-state index < -0.39 is 5.91 Å². The van der Waals surface area contributed by atoms with Gasteiger partial charge in [-0.25, -0.2) is 5.43 Å². The molecular weight excluding hydrogens is 444 g/mol. The molecule has 0 aliphatic heterocycles. The number of nitrogens with one attached hydrogen (secondary N) is 1. The smallest absolute Gasteiger partial charge is 0.271 e. The van der Waals surface area contributed by atoms with Crippen LogP contribution in [0.5, 0.6) is 23.0 Å². The van der Waals surface area contributed by atoms with Gasteiger partial charge in [-0.3, -0.25) is 4.79 Å². The van der Waals surface area contributed by atoms with E-state index in [4.69, 9.17) is 30.5 Å². The summed E-state index contributed by atoms with van der Waals surface area (Å²) in [7, 11) is 3.03. The van der Waals surface area contributed by atoms with Crippen LogP contribution in [0, 0.1) is 0 Å². The Labute approximate surface area is 197 Å². The number of hydrogen-bond donors (Lipinski definition) is 1. The molecule has 8 heteroatoms. The first-order valence-corrected chi connectivity index (χ1v) is 10.6. The molecule has 33 heavy (non-hydrogen) atoms. The molecule has 0 spiro atoms. The van der Waals surface area contributed by atoms with Crippen molar-refractivity contribution < 1.29 is 23.7 Å². The third kappa shape index (κ3) is 6.40. The van der Waals surface area contributed by atoms with E-state index in [-0.39, 0.29) is 0 Å². The summed E-state index contributed by atoms with van der Waals surface area (Å²) in [6.07, 6.45) is 1.48. The van der Waals surface area contributed by atoms with E-state index in [1.807, 2.05) is 37.3 Å². The number of ether oxygens (including phenoxy) is 4. The van der Waals surface area contributed by atoms with Gasteiger partial charge in [0.15, 0.2) is 23.0 Å². The Balaban J connectivity index is 1.71. The van der Waals surface area contributed by atoms with Gasteiger partial charge in [-0.1, -0.05) is 41.9 Å². The highest BCUT2D eigenvalue weighted by Crippen LogP contribution is 2.37. The molecule has 0 aliphatic rings. The lowest BCUT2D eigenvalue weighted by Crippen LogP contribution is -2.17. The van der Waals surface area contributed by atoms with Crippen LogP contribution >= 0.6 is 11.6 Å². The summed E-state index contributed by atoms with van der Waals surface area (Å²) in [5.41, 5.74) is 4.52. The lowest BCUT2D eigenvalue weighted by Gasteiger charge is -2.14. The molecule has 1 N–H and O–H groups in total. The lowest BCUT2D eigenvalue weighted by molar-refractivity contribution is 0.0954. The number of rotatable bonds is 10. The van der Waals surface area contributed by atoms with Gasteiger partial charge in [-0.2, -0.15) is 5.10 Å². The predicted octanol–water partition coefficient (Wildman–Crippen LogP) is 5.10. The summed E-state index contributed by atoms with van der Waals surface area (Å²) >= 11 is 6.46. The molecule has 0 aliphatic carbocycles. The zero-order chi connectivity index (χ0) is 23.6. The quantitative estimate of drug-likeness (QED) is 0.331. The fourth-order valence-corrected chi connectivity index (χ4v) is 3.28. The Kier molecular flexibility index (Phi) is 8.55. The van der Waals surface area contributed by atoms with Gasteiger partial charge in [-0.15, -0.1) is 0 Å². The number of hydrazone groups is 1. The van der Waals surface area contributed by atoms with Gasteiger partial charge in [-0.05, 0) is 48.4 Å². The van der Waals surface area contributed by atoms with Crippen molar-refractivity contribution in [2.75, 3.05) is 20.8 Å². The van der Waals surface area contributed by atoms with E-state index >= 15 is 0 Å². The Morgan fingerprint density at radius 1 is 0.970 bits per heavy atom. The van der Waals surface area contributed by atoms with Crippen LogP contribution in [0.3, 0.4) is 0 Å². The second kappa shape index (κ2) is 11.8. The number of halogens is 1. The maximum absolute atomic E-state index is 12.4. The van der Waals surface area contributed by atoms with Crippen LogP contribution in [-0.4, -0.2) is 32.9 Å². The molecule has 0 saturated carbocycles. The van der Waals surface area contributed by atoms with Gasteiger partial charge in [0, 0.05) is 5.56 Å². The predicted molar refractivity (Wildman–Crippen MR) is 128 cm³/mol. The Morgan fingerprint density at radius 2 is 1.73 bits per heavy atom. The molecule has 0 radical (unpaired) electrons. The second-order valence-electron chi connectivity index (χ2n) is 6.81. The molecule has 172 valence electrons. The first kappa shape index (κ1) is 23.9. The highest BCUT2D eigenvalue weighted by Gasteiger charge is 2.13. The van der Waals surface area contributed by atoms with Crippen LogP contribution in [0.15, 0.2) is 65.8 Å². The fraction of sp³-hybridized carbons (Fsp3) is 0.200. The van der Waals surface area contributed by atoms with Crippen molar-refractivity contribution >= 4 is 23.7 Å². The van der Waals surface area contributed by atoms with Crippen LogP contribution in [0.4, 0.5) is 0 Å². The number of carbonyl (C=O) groups excluding carboxylic acids is 1. The minimum Gasteiger partial charge on any atom is -0.493 e. The van der Waals surface area contributed by atoms with Gasteiger partial charge in [0.2, 0.25) is 0 Å². The molecule has 1 amide bonds. The SMILES string of the molecule is CCOc1cc(/C=N/NC(=O)c2ccc(OC)c(OC)c2)cc(Cl)c1OCc1ccccc1. The van der Waals surface area contributed by atoms with Gasteiger partial charge in [0.05, 0.1) is 32.1 Å². The topological polar surface area (TPSA) is 78.4 Å². The molecule has 0 unspecified atom stereocenters. The van der Waals surface area contributed by atoms with Crippen molar-refractivity contribution in [2.45, 2.75) is 13.5 Å². The molecule has 0 heterocycles. The minimum atomic E-state index is -0.397. The summed E-state index contributed by atoms with van der Waals surface area (Å²) in [6, 6.07) is 18.1. The highest BCUT2D eigenvalue weighted by atomic mass is 35.5. The number of hydrogen-bond acceptors (Lipinski definition) is 6. The lowest BCUT2D eigenvalue weighted by atomic mass is 10.2. The Hall–Kier alpha value is -3.71. The van der Waals surface area contributed by atoms with E-state index in [1.165, 1.54) is 20.4 Å². The van der Waals surface area contributed by atoms with Crippen LogP contribution in [-0.2, 0) is 6.61 Å². The number of carbonyl (C=O) groups is 1. The largest absolute Gasteiger partial charge is 0.493 e. The summed E-state index contributed by atoms with van der Waals surface area (Å²) in [4.78, 5) is 12.4. The molecule has 0 bridgehead atoms. The van der Waals surface area contributed by atoms with Crippen LogP contribution < -0.4 is 24.4 Å². The van der Waals surface area contributed by atoms with Crippen molar-refractivity contribution in [3.8, 4) is 23.0 Å². The van der Waals surface area contributed by atoms with Gasteiger partial charge in [0.1, 0.15) is 6.61 Å². The summed E-state index contributed by atoms with van der Waals surface area (Å²) in [5.74, 6) is 1.53. The van der Waals surface area contributed by atoms with Crippen LogP contribution in [0.1, 0.15) is 28.4 Å². The van der Waals surface area contributed by atoms with E-state index in [0.717, 1.165) is 5.56 Å². The average Bonchev–Trinajstić information content (AvgIpc) is 2.83. The molecule has 3 rings (SSSR count). The monoisotopic (exact) mass is 468 g/mol. The summed E-state index contributed by atoms with van der Waals surface area (Å²) in [5, 5.41) is 4.41. The van der Waals surface area contributed by atoms with E-state index in [2.05, 4.69) is 10.5 Å². The standard InChI is InChI=1S/C25H25ClN2O5/c1-4-32-23-13-18(12-20(26)24(23)33-16-17-8-6-5-7-9-17)15-27-28-25(29)19-10-11-21(30-2)22(14-19)31-3/h5-15H,4,16H2,1-3H3,(H,28,29)/b27-15+. The van der Waals surface area contributed by atoms with Crippen LogP contribution in [0.25, 0.3) is 0 Å². The van der Waals surface area contributed by atoms with E-state index in [1.54, 1.807) is 30.3 Å². The van der Waals surface area contributed by atoms with Crippen molar-refractivity contribution in [1.82, 2.24) is 5.43 Å². The molecule has 0 saturated heterocycles. The normalized spacial score (nSPS) is 10.7. The van der Waals surface area contributed by atoms with Crippen molar-refractivity contribution in [3.05, 3.63) is 82.4 Å². The maximum Gasteiger partial charge on any atom is 0.271 e. The fourth-order valence-electron chi connectivity index (χ4n) is 3.00.